The standard InChI is InChI=1S/C12H20O3/c1-6-15-11(14)10(13)8-7-9(2)12(3,4)5/h8,10,13H,6H2,1-5H3. The fraction of sp³-hybridized carbons (Fsp3) is 0.667. The first-order chi connectivity index (χ1) is 6.79. The normalized spacial score (nSPS) is 12.7. The van der Waals surface area contributed by atoms with Crippen LogP contribution in [0.4, 0.5) is 0 Å². The number of esters is 1. The number of carbonyl (C=O) groups excluding carboxylic acids is 1. The van der Waals surface area contributed by atoms with Crippen LogP contribution in [0.25, 0.3) is 0 Å². The lowest BCUT2D eigenvalue weighted by molar-refractivity contribution is -0.150. The molecule has 0 aromatic heterocycles. The number of hydrogen-bond donors (Lipinski definition) is 1. The van der Waals surface area contributed by atoms with E-state index in [9.17, 15) is 9.90 Å². The molecule has 0 radical (unpaired) electrons. The molecular weight excluding hydrogens is 192 g/mol. The van der Waals surface area contributed by atoms with Gasteiger partial charge in [0.2, 0.25) is 0 Å². The molecule has 0 aliphatic heterocycles. The van der Waals surface area contributed by atoms with Crippen LogP contribution in [-0.4, -0.2) is 23.8 Å². The lowest BCUT2D eigenvalue weighted by Gasteiger charge is -2.16. The summed E-state index contributed by atoms with van der Waals surface area (Å²) in [6.07, 6.45) is 0.112. The minimum Gasteiger partial charge on any atom is -0.464 e. The number of aliphatic hydroxyl groups excluding tert-OH is 1. The summed E-state index contributed by atoms with van der Waals surface area (Å²) in [6.45, 7) is 10.0. The molecule has 1 atom stereocenters. The van der Waals surface area contributed by atoms with Gasteiger partial charge in [0.05, 0.1) is 6.61 Å². The smallest absolute Gasteiger partial charge is 0.339 e. The Morgan fingerprint density at radius 1 is 1.53 bits per heavy atom. The van der Waals surface area contributed by atoms with E-state index in [4.69, 9.17) is 0 Å². The molecule has 0 aliphatic carbocycles. The number of ether oxygens (including phenoxy) is 1. The van der Waals surface area contributed by atoms with Crippen LogP contribution >= 0.6 is 0 Å². The Bertz CT molecular complexity index is 278. The van der Waals surface area contributed by atoms with Gasteiger partial charge in [-0.25, -0.2) is 4.79 Å². The van der Waals surface area contributed by atoms with Gasteiger partial charge in [-0.2, -0.15) is 0 Å². The predicted octanol–water partition coefficient (Wildman–Crippen LogP) is 2.06. The second-order valence-electron chi connectivity index (χ2n) is 4.38. The molecular formula is C12H20O3. The summed E-state index contributed by atoms with van der Waals surface area (Å²) >= 11 is 0. The molecule has 0 aliphatic rings. The quantitative estimate of drug-likeness (QED) is 0.575. The summed E-state index contributed by atoms with van der Waals surface area (Å²) in [7, 11) is 0. The van der Waals surface area contributed by atoms with Gasteiger partial charge in [0.25, 0.3) is 0 Å². The fourth-order valence-electron chi connectivity index (χ4n) is 0.716. The van der Waals surface area contributed by atoms with Gasteiger partial charge in [0.1, 0.15) is 0 Å². The van der Waals surface area contributed by atoms with Crippen LogP contribution < -0.4 is 0 Å². The lowest BCUT2D eigenvalue weighted by Crippen LogP contribution is -2.20. The molecule has 86 valence electrons. The third-order valence-corrected chi connectivity index (χ3v) is 2.11. The SMILES string of the molecule is CCOC(=O)C(O)C=C=C(C)C(C)(C)C. The van der Waals surface area contributed by atoms with Crippen molar-refractivity contribution in [2.75, 3.05) is 6.61 Å². The van der Waals surface area contributed by atoms with E-state index in [0.29, 0.717) is 0 Å². The molecule has 1 N–H and O–H groups in total. The topological polar surface area (TPSA) is 46.5 Å². The van der Waals surface area contributed by atoms with Crippen LogP contribution in [0, 0.1) is 5.41 Å². The number of hydrogen-bond acceptors (Lipinski definition) is 3. The molecule has 0 saturated heterocycles. The van der Waals surface area contributed by atoms with Gasteiger partial charge in [0, 0.05) is 0 Å². The van der Waals surface area contributed by atoms with Crippen LogP contribution in [0.5, 0.6) is 0 Å². The van der Waals surface area contributed by atoms with Crippen molar-refractivity contribution in [3.05, 3.63) is 17.4 Å². The average molecular weight is 212 g/mol. The molecule has 0 rings (SSSR count). The Kier molecular flexibility index (Phi) is 5.34. The van der Waals surface area contributed by atoms with E-state index in [-0.39, 0.29) is 12.0 Å². The first kappa shape index (κ1) is 13.9. The maximum Gasteiger partial charge on any atom is 0.339 e. The molecule has 0 saturated carbocycles. The molecule has 15 heavy (non-hydrogen) atoms. The van der Waals surface area contributed by atoms with Crippen molar-refractivity contribution in [2.45, 2.75) is 40.7 Å². The first-order valence-corrected chi connectivity index (χ1v) is 5.07. The van der Waals surface area contributed by atoms with Gasteiger partial charge in [-0.15, -0.1) is 5.73 Å². The number of rotatable bonds is 3. The molecule has 0 amide bonds. The highest BCUT2D eigenvalue weighted by molar-refractivity contribution is 5.76. The second kappa shape index (κ2) is 5.74. The molecule has 0 bridgehead atoms. The van der Waals surface area contributed by atoms with E-state index in [1.165, 1.54) is 6.08 Å². The zero-order valence-electron chi connectivity index (χ0n) is 10.1. The number of aliphatic hydroxyl groups is 1. The van der Waals surface area contributed by atoms with E-state index in [1.807, 2.05) is 27.7 Å². The molecule has 3 heteroatoms. The van der Waals surface area contributed by atoms with Crippen LogP contribution in [0.1, 0.15) is 34.6 Å². The Morgan fingerprint density at radius 3 is 2.47 bits per heavy atom. The van der Waals surface area contributed by atoms with Crippen molar-refractivity contribution >= 4 is 5.97 Å². The minimum absolute atomic E-state index is 0.00905. The van der Waals surface area contributed by atoms with E-state index < -0.39 is 12.1 Å². The third kappa shape index (κ3) is 5.40. The Balaban J connectivity index is 4.58. The van der Waals surface area contributed by atoms with Gasteiger partial charge in [-0.3, -0.25) is 0 Å². The van der Waals surface area contributed by atoms with Crippen LogP contribution in [0.15, 0.2) is 17.4 Å². The van der Waals surface area contributed by atoms with E-state index in [1.54, 1.807) is 6.92 Å². The van der Waals surface area contributed by atoms with Crippen molar-refractivity contribution < 1.29 is 14.6 Å². The van der Waals surface area contributed by atoms with Gasteiger partial charge in [0.15, 0.2) is 6.10 Å². The zero-order chi connectivity index (χ0) is 12.1. The Morgan fingerprint density at radius 2 is 2.07 bits per heavy atom. The van der Waals surface area contributed by atoms with Crippen LogP contribution in [0.3, 0.4) is 0 Å². The number of carbonyl (C=O) groups is 1. The summed E-state index contributed by atoms with van der Waals surface area (Å²) in [5, 5.41) is 9.36. The predicted molar refractivity (Wildman–Crippen MR) is 59.4 cm³/mol. The molecule has 0 heterocycles. The van der Waals surface area contributed by atoms with Crippen molar-refractivity contribution in [2.24, 2.45) is 5.41 Å². The first-order valence-electron chi connectivity index (χ1n) is 5.07. The maximum absolute atomic E-state index is 11.1. The molecule has 0 fully saturated rings. The van der Waals surface area contributed by atoms with E-state index in [2.05, 4.69) is 10.5 Å². The summed E-state index contributed by atoms with van der Waals surface area (Å²) in [6, 6.07) is 0. The zero-order valence-corrected chi connectivity index (χ0v) is 10.1. The summed E-state index contributed by atoms with van der Waals surface area (Å²) < 4.78 is 4.65. The van der Waals surface area contributed by atoms with Crippen LogP contribution in [0.2, 0.25) is 0 Å². The van der Waals surface area contributed by atoms with E-state index in [0.717, 1.165) is 5.57 Å². The maximum atomic E-state index is 11.1. The Labute approximate surface area is 91.4 Å². The minimum atomic E-state index is -1.22. The van der Waals surface area contributed by atoms with Crippen molar-refractivity contribution in [1.82, 2.24) is 0 Å². The second-order valence-corrected chi connectivity index (χ2v) is 4.38. The molecule has 0 spiro atoms. The molecule has 1 unspecified atom stereocenters. The Hall–Kier alpha value is -1.05. The average Bonchev–Trinajstić information content (AvgIpc) is 2.12. The van der Waals surface area contributed by atoms with Crippen LogP contribution in [-0.2, 0) is 9.53 Å². The largest absolute Gasteiger partial charge is 0.464 e. The van der Waals surface area contributed by atoms with Gasteiger partial charge in [-0.05, 0) is 30.9 Å². The molecule has 3 nitrogen and oxygen atoms in total. The summed E-state index contributed by atoms with van der Waals surface area (Å²) in [4.78, 5) is 11.1. The summed E-state index contributed by atoms with van der Waals surface area (Å²) in [5.41, 5.74) is 3.87. The van der Waals surface area contributed by atoms with Gasteiger partial charge >= 0.3 is 5.97 Å². The summed E-state index contributed by atoms with van der Waals surface area (Å²) in [5.74, 6) is -0.633. The fourth-order valence-corrected chi connectivity index (χ4v) is 0.716. The lowest BCUT2D eigenvalue weighted by atomic mass is 9.88. The molecule has 0 aromatic carbocycles. The highest BCUT2D eigenvalue weighted by Gasteiger charge is 2.14. The van der Waals surface area contributed by atoms with E-state index >= 15 is 0 Å². The van der Waals surface area contributed by atoms with Crippen molar-refractivity contribution in [3.8, 4) is 0 Å². The van der Waals surface area contributed by atoms with Crippen molar-refractivity contribution in [3.63, 3.8) is 0 Å². The van der Waals surface area contributed by atoms with Gasteiger partial charge in [-0.1, -0.05) is 20.8 Å². The highest BCUT2D eigenvalue weighted by atomic mass is 16.5. The monoisotopic (exact) mass is 212 g/mol. The molecule has 0 aromatic rings. The van der Waals surface area contributed by atoms with Crippen molar-refractivity contribution in [1.29, 1.82) is 0 Å². The van der Waals surface area contributed by atoms with Gasteiger partial charge < -0.3 is 9.84 Å². The third-order valence-electron chi connectivity index (χ3n) is 2.11. The highest BCUT2D eigenvalue weighted by Crippen LogP contribution is 2.22.